The number of nitrogens with zero attached hydrogens (tertiary/aromatic N) is 3. The summed E-state index contributed by atoms with van der Waals surface area (Å²) in [5.74, 6) is 2.18. The molecule has 8 nitrogen and oxygen atoms in total. The highest BCUT2D eigenvalue weighted by atomic mass is 79.9. The van der Waals surface area contributed by atoms with Gasteiger partial charge in [0.2, 0.25) is 11.1 Å². The molecule has 1 atom stereocenters. The van der Waals surface area contributed by atoms with Gasteiger partial charge in [0.25, 0.3) is 0 Å². The second-order valence-electron chi connectivity index (χ2n) is 9.28. The lowest BCUT2D eigenvalue weighted by molar-refractivity contribution is -0.143. The molecule has 1 aromatic heterocycles. The number of rotatable bonds is 10. The molecule has 1 aliphatic heterocycles. The molecule has 0 amide bonds. The lowest BCUT2D eigenvalue weighted by Gasteiger charge is -2.29. The third-order valence-corrected chi connectivity index (χ3v) is 7.66. The Morgan fingerprint density at radius 3 is 2.68 bits per heavy atom. The van der Waals surface area contributed by atoms with Crippen LogP contribution in [0.15, 0.2) is 57.3 Å². The fraction of sp³-hybridized carbons (Fsp3) is 0.393. The van der Waals surface area contributed by atoms with Crippen molar-refractivity contribution in [2.45, 2.75) is 64.9 Å². The first-order chi connectivity index (χ1) is 18.2. The largest absolute Gasteiger partial charge is 0.493 e. The van der Waals surface area contributed by atoms with Crippen LogP contribution < -0.4 is 14.8 Å². The summed E-state index contributed by atoms with van der Waals surface area (Å²) in [6.07, 6.45) is 0.734. The summed E-state index contributed by atoms with van der Waals surface area (Å²) in [5.41, 5.74) is 4.16. The average Bonchev–Trinajstić information content (AvgIpc) is 3.28. The van der Waals surface area contributed by atoms with Gasteiger partial charge < -0.3 is 19.5 Å². The van der Waals surface area contributed by atoms with Gasteiger partial charge in [0.05, 0.1) is 23.3 Å². The molecule has 0 spiro atoms. The Morgan fingerprint density at radius 2 is 2.00 bits per heavy atom. The molecular formula is C28H33BrN4O4S. The molecule has 202 valence electrons. The molecule has 1 aliphatic rings. The van der Waals surface area contributed by atoms with E-state index >= 15 is 0 Å². The van der Waals surface area contributed by atoms with E-state index in [0.717, 1.165) is 28.9 Å². The normalized spacial score (nSPS) is 14.8. The Morgan fingerprint density at radius 1 is 1.24 bits per heavy atom. The van der Waals surface area contributed by atoms with Gasteiger partial charge in [-0.3, -0.25) is 0 Å². The van der Waals surface area contributed by atoms with Crippen molar-refractivity contribution in [2.24, 2.45) is 0 Å². The number of benzene rings is 2. The third-order valence-electron chi connectivity index (χ3n) is 6.03. The number of aryl methyl sites for hydroxylation is 1. The number of thioether (sulfide) groups is 1. The van der Waals surface area contributed by atoms with Crippen molar-refractivity contribution in [1.82, 2.24) is 14.8 Å². The van der Waals surface area contributed by atoms with E-state index in [9.17, 15) is 4.79 Å². The van der Waals surface area contributed by atoms with Gasteiger partial charge in [0.15, 0.2) is 11.5 Å². The number of carbonyl (C=O) groups is 1. The summed E-state index contributed by atoms with van der Waals surface area (Å²) in [4.78, 5) is 18.0. The molecule has 0 fully saturated rings. The number of carbonyl (C=O) groups excluding carboxylic acids is 1. The van der Waals surface area contributed by atoms with E-state index in [1.807, 2.05) is 51.1 Å². The van der Waals surface area contributed by atoms with Gasteiger partial charge >= 0.3 is 5.97 Å². The summed E-state index contributed by atoms with van der Waals surface area (Å²) in [6, 6.07) is 11.3. The number of nitrogens with one attached hydrogen (secondary N) is 1. The zero-order valence-electron chi connectivity index (χ0n) is 22.5. The minimum Gasteiger partial charge on any atom is -0.493 e. The van der Waals surface area contributed by atoms with Crippen molar-refractivity contribution in [3.63, 3.8) is 0 Å². The number of hydrogen-bond donors (Lipinski definition) is 1. The SMILES string of the molecule is CCCSc1nc2n(n1)C(c1cc(Br)c(OCc3ccccc3C)c(OC)c1)C(C(=O)OC(C)C)=C(C)N2. The first kappa shape index (κ1) is 28.0. The van der Waals surface area contributed by atoms with Crippen molar-refractivity contribution < 1.29 is 19.0 Å². The first-order valence-electron chi connectivity index (χ1n) is 12.6. The molecule has 2 aromatic carbocycles. The molecule has 3 aromatic rings. The molecule has 0 aliphatic carbocycles. The number of ether oxygens (including phenoxy) is 3. The van der Waals surface area contributed by atoms with E-state index in [2.05, 4.69) is 46.1 Å². The zero-order chi connectivity index (χ0) is 27.4. The second-order valence-corrected chi connectivity index (χ2v) is 11.2. The third kappa shape index (κ3) is 6.02. The topological polar surface area (TPSA) is 87.5 Å². The van der Waals surface area contributed by atoms with Crippen LogP contribution in [-0.2, 0) is 16.1 Å². The van der Waals surface area contributed by atoms with Crippen LogP contribution in [0.2, 0.25) is 0 Å². The van der Waals surface area contributed by atoms with Crippen LogP contribution in [0.25, 0.3) is 0 Å². The number of halogens is 1. The van der Waals surface area contributed by atoms with Gasteiger partial charge in [0.1, 0.15) is 12.6 Å². The van der Waals surface area contributed by atoms with Gasteiger partial charge in [-0.25, -0.2) is 9.48 Å². The highest BCUT2D eigenvalue weighted by molar-refractivity contribution is 9.10. The van der Waals surface area contributed by atoms with Gasteiger partial charge in [-0.2, -0.15) is 4.98 Å². The van der Waals surface area contributed by atoms with Crippen LogP contribution in [0.5, 0.6) is 11.5 Å². The van der Waals surface area contributed by atoms with Crippen molar-refractivity contribution >= 4 is 39.6 Å². The second kappa shape index (κ2) is 12.3. The lowest BCUT2D eigenvalue weighted by Crippen LogP contribution is -2.30. The van der Waals surface area contributed by atoms with E-state index in [1.54, 1.807) is 23.6 Å². The predicted octanol–water partition coefficient (Wildman–Crippen LogP) is 6.68. The van der Waals surface area contributed by atoms with E-state index in [0.29, 0.717) is 45.0 Å². The molecule has 0 radical (unpaired) electrons. The fourth-order valence-electron chi connectivity index (χ4n) is 4.20. The zero-order valence-corrected chi connectivity index (χ0v) is 24.9. The molecule has 2 heterocycles. The first-order valence-corrected chi connectivity index (χ1v) is 14.3. The van der Waals surface area contributed by atoms with Crippen LogP contribution in [0.1, 0.15) is 56.8 Å². The minimum absolute atomic E-state index is 0.269. The quantitative estimate of drug-likeness (QED) is 0.204. The van der Waals surface area contributed by atoms with E-state index in [4.69, 9.17) is 19.3 Å². The summed E-state index contributed by atoms with van der Waals surface area (Å²) in [7, 11) is 1.60. The van der Waals surface area contributed by atoms with Crippen LogP contribution >= 0.6 is 27.7 Å². The highest BCUT2D eigenvalue weighted by Crippen LogP contribution is 2.43. The maximum Gasteiger partial charge on any atom is 0.338 e. The molecule has 1 N–H and O–H groups in total. The molecule has 1 unspecified atom stereocenters. The Balaban J connectivity index is 1.77. The van der Waals surface area contributed by atoms with Crippen LogP contribution in [0.3, 0.4) is 0 Å². The number of hydrogen-bond acceptors (Lipinski definition) is 8. The summed E-state index contributed by atoms with van der Waals surface area (Å²) < 4.78 is 20.1. The van der Waals surface area contributed by atoms with Gasteiger partial charge in [-0.05, 0) is 78.9 Å². The standard InChI is InChI=1S/C28H33BrN4O4S/c1-7-12-38-28-31-27-30-18(5)23(26(34)37-16(2)3)24(33(27)32-28)20-13-21(29)25(22(14-20)35-6)36-15-19-11-9-8-10-17(19)4/h8-11,13-14,16,24H,7,12,15H2,1-6H3,(H,30,31,32). The Hall–Kier alpha value is -2.98. The van der Waals surface area contributed by atoms with Crippen molar-refractivity contribution in [3.05, 3.63) is 68.8 Å². The molecule has 38 heavy (non-hydrogen) atoms. The predicted molar refractivity (Wildman–Crippen MR) is 153 cm³/mol. The molecule has 0 saturated carbocycles. The van der Waals surface area contributed by atoms with Crippen molar-refractivity contribution in [3.8, 4) is 11.5 Å². The number of aromatic nitrogens is 3. The van der Waals surface area contributed by atoms with Crippen molar-refractivity contribution in [1.29, 1.82) is 0 Å². The lowest BCUT2D eigenvalue weighted by atomic mass is 9.95. The number of allylic oxidation sites excluding steroid dienone is 1. The van der Waals surface area contributed by atoms with Gasteiger partial charge in [-0.15, -0.1) is 5.10 Å². The summed E-state index contributed by atoms with van der Waals surface area (Å²) in [6.45, 7) is 10.1. The molecule has 0 saturated heterocycles. The van der Waals surface area contributed by atoms with Gasteiger partial charge in [0, 0.05) is 11.4 Å². The van der Waals surface area contributed by atoms with E-state index in [1.165, 1.54) is 0 Å². The monoisotopic (exact) mass is 600 g/mol. The number of fused-ring (bicyclic) bond motifs is 1. The molecule has 4 rings (SSSR count). The average molecular weight is 602 g/mol. The fourth-order valence-corrected chi connectivity index (χ4v) is 5.45. The minimum atomic E-state index is -0.573. The summed E-state index contributed by atoms with van der Waals surface area (Å²) >= 11 is 5.27. The molecular weight excluding hydrogens is 568 g/mol. The van der Waals surface area contributed by atoms with E-state index < -0.39 is 12.0 Å². The number of anilines is 1. The Bertz CT molecular complexity index is 1350. The maximum absolute atomic E-state index is 13.3. The molecule has 0 bridgehead atoms. The number of methoxy groups -OCH3 is 1. The Kier molecular flexibility index (Phi) is 9.04. The van der Waals surface area contributed by atoms with Gasteiger partial charge in [-0.1, -0.05) is 43.0 Å². The van der Waals surface area contributed by atoms with Crippen LogP contribution in [0, 0.1) is 6.92 Å². The van der Waals surface area contributed by atoms with E-state index in [-0.39, 0.29) is 6.10 Å². The highest BCUT2D eigenvalue weighted by Gasteiger charge is 2.36. The maximum atomic E-state index is 13.3. The smallest absolute Gasteiger partial charge is 0.338 e. The van der Waals surface area contributed by atoms with Crippen LogP contribution in [0.4, 0.5) is 5.95 Å². The summed E-state index contributed by atoms with van der Waals surface area (Å²) in [5, 5.41) is 8.66. The number of esters is 1. The Labute approximate surface area is 236 Å². The molecule has 10 heteroatoms. The van der Waals surface area contributed by atoms with Crippen LogP contribution in [-0.4, -0.2) is 39.7 Å². The van der Waals surface area contributed by atoms with Crippen molar-refractivity contribution in [2.75, 3.05) is 18.2 Å².